The van der Waals surface area contributed by atoms with Gasteiger partial charge in [0.2, 0.25) is 5.91 Å². The van der Waals surface area contributed by atoms with Crippen molar-refractivity contribution in [3.63, 3.8) is 0 Å². The first-order valence-corrected chi connectivity index (χ1v) is 9.08. The van der Waals surface area contributed by atoms with E-state index in [1.807, 2.05) is 0 Å². The number of carbonyl (C=O) groups is 2. The van der Waals surface area contributed by atoms with E-state index in [0.717, 1.165) is 0 Å². The van der Waals surface area contributed by atoms with Crippen molar-refractivity contribution in [2.75, 3.05) is 10.6 Å². The lowest BCUT2D eigenvalue weighted by Crippen LogP contribution is -2.34. The monoisotopic (exact) mass is 440 g/mol. The molecule has 0 heterocycles. The van der Waals surface area contributed by atoms with E-state index in [9.17, 15) is 9.59 Å². The van der Waals surface area contributed by atoms with Crippen molar-refractivity contribution < 1.29 is 9.59 Å². The first-order chi connectivity index (χ1) is 12.7. The standard InChI is InChI=1S/C17H14Cl2N4O2S2/c1-9(24)20-16(26)21-11-3-5-12(6-4-11)22-17(27)23-15(25)13-7-2-10(18)8-14(13)19/h2-8H,1H3,(H2,20,21,24,26)(H2,22,23,25,27). The fraction of sp³-hybridized carbons (Fsp3) is 0.0588. The van der Waals surface area contributed by atoms with Crippen molar-refractivity contribution >= 4 is 81.1 Å². The summed E-state index contributed by atoms with van der Waals surface area (Å²) in [5, 5.41) is 11.7. The van der Waals surface area contributed by atoms with E-state index in [0.29, 0.717) is 16.4 Å². The quantitative estimate of drug-likeness (QED) is 0.540. The summed E-state index contributed by atoms with van der Waals surface area (Å²) in [5.74, 6) is -0.708. The number of rotatable bonds is 3. The molecule has 2 aromatic rings. The van der Waals surface area contributed by atoms with Gasteiger partial charge in [0.25, 0.3) is 5.91 Å². The van der Waals surface area contributed by atoms with Crippen LogP contribution in [0.25, 0.3) is 0 Å². The molecule has 0 saturated heterocycles. The fourth-order valence-electron chi connectivity index (χ4n) is 1.97. The number of halogens is 2. The molecule has 0 unspecified atom stereocenters. The smallest absolute Gasteiger partial charge is 0.258 e. The van der Waals surface area contributed by atoms with Crippen LogP contribution in [0.1, 0.15) is 17.3 Å². The van der Waals surface area contributed by atoms with Crippen LogP contribution in [0.2, 0.25) is 10.0 Å². The number of hydrogen-bond acceptors (Lipinski definition) is 4. The minimum atomic E-state index is -0.451. The molecule has 0 aliphatic rings. The van der Waals surface area contributed by atoms with Crippen LogP contribution in [0.15, 0.2) is 42.5 Å². The van der Waals surface area contributed by atoms with Crippen molar-refractivity contribution in [3.8, 4) is 0 Å². The Morgan fingerprint density at radius 3 is 1.85 bits per heavy atom. The second kappa shape index (κ2) is 9.61. The molecule has 0 aliphatic heterocycles. The molecular formula is C17H14Cl2N4O2S2. The third-order valence-corrected chi connectivity index (χ3v) is 4.05. The van der Waals surface area contributed by atoms with E-state index in [2.05, 4.69) is 21.3 Å². The first kappa shape index (κ1) is 21.0. The van der Waals surface area contributed by atoms with Gasteiger partial charge >= 0.3 is 0 Å². The SMILES string of the molecule is CC(=O)NC(=S)Nc1ccc(NC(=S)NC(=O)c2ccc(Cl)cc2Cl)cc1. The summed E-state index contributed by atoms with van der Waals surface area (Å²) in [4.78, 5) is 23.2. The van der Waals surface area contributed by atoms with Gasteiger partial charge in [0.05, 0.1) is 10.6 Å². The molecule has 2 amide bonds. The number of nitrogens with one attached hydrogen (secondary N) is 4. The van der Waals surface area contributed by atoms with Crippen LogP contribution in [0, 0.1) is 0 Å². The third-order valence-electron chi connectivity index (χ3n) is 3.09. The molecule has 2 rings (SSSR count). The largest absolute Gasteiger partial charge is 0.332 e. The Kier molecular flexibility index (Phi) is 7.49. The highest BCUT2D eigenvalue weighted by molar-refractivity contribution is 7.80. The predicted molar refractivity (Wildman–Crippen MR) is 117 cm³/mol. The maximum Gasteiger partial charge on any atom is 0.258 e. The lowest BCUT2D eigenvalue weighted by atomic mass is 10.2. The summed E-state index contributed by atoms with van der Waals surface area (Å²) in [5.41, 5.74) is 1.59. The number of benzene rings is 2. The van der Waals surface area contributed by atoms with Crippen LogP contribution in [-0.4, -0.2) is 22.0 Å². The van der Waals surface area contributed by atoms with E-state index in [1.54, 1.807) is 30.3 Å². The van der Waals surface area contributed by atoms with Gasteiger partial charge in [-0.1, -0.05) is 23.2 Å². The Balaban J connectivity index is 1.92. The summed E-state index contributed by atoms with van der Waals surface area (Å²) < 4.78 is 0. The van der Waals surface area contributed by atoms with E-state index in [1.165, 1.54) is 19.1 Å². The van der Waals surface area contributed by atoms with Crippen LogP contribution >= 0.6 is 47.6 Å². The third kappa shape index (κ3) is 6.76. The molecule has 0 fully saturated rings. The average molecular weight is 441 g/mol. The number of hydrogen-bond donors (Lipinski definition) is 4. The van der Waals surface area contributed by atoms with E-state index in [-0.39, 0.29) is 26.7 Å². The van der Waals surface area contributed by atoms with Gasteiger partial charge in [0.1, 0.15) is 0 Å². The molecule has 0 bridgehead atoms. The number of anilines is 2. The van der Waals surface area contributed by atoms with E-state index in [4.69, 9.17) is 47.6 Å². The molecule has 10 heteroatoms. The van der Waals surface area contributed by atoms with Gasteiger partial charge in [-0.3, -0.25) is 14.9 Å². The van der Waals surface area contributed by atoms with Crippen molar-refractivity contribution in [2.24, 2.45) is 0 Å². The van der Waals surface area contributed by atoms with Crippen molar-refractivity contribution in [1.29, 1.82) is 0 Å². The maximum atomic E-state index is 12.2. The Bertz CT molecular complexity index is 904. The van der Waals surface area contributed by atoms with Gasteiger partial charge in [-0.2, -0.15) is 0 Å². The molecule has 0 radical (unpaired) electrons. The topological polar surface area (TPSA) is 82.3 Å². The summed E-state index contributed by atoms with van der Waals surface area (Å²) in [7, 11) is 0. The Morgan fingerprint density at radius 1 is 0.852 bits per heavy atom. The molecule has 0 aromatic heterocycles. The van der Waals surface area contributed by atoms with Gasteiger partial charge in [-0.15, -0.1) is 0 Å². The van der Waals surface area contributed by atoms with Crippen LogP contribution in [0.3, 0.4) is 0 Å². The summed E-state index contributed by atoms with van der Waals surface area (Å²) >= 11 is 21.9. The molecule has 0 saturated carbocycles. The Hall–Kier alpha value is -2.26. The van der Waals surface area contributed by atoms with Crippen molar-refractivity contribution in [3.05, 3.63) is 58.1 Å². The second-order valence-corrected chi connectivity index (χ2v) is 6.91. The summed E-state index contributed by atoms with van der Waals surface area (Å²) in [6, 6.07) is 11.5. The highest BCUT2D eigenvalue weighted by atomic mass is 35.5. The van der Waals surface area contributed by atoms with Gasteiger partial charge < -0.3 is 16.0 Å². The molecule has 0 aliphatic carbocycles. The van der Waals surface area contributed by atoms with Gasteiger partial charge in [-0.05, 0) is 66.9 Å². The molecular weight excluding hydrogens is 427 g/mol. The van der Waals surface area contributed by atoms with Gasteiger partial charge in [0, 0.05) is 23.3 Å². The number of carbonyl (C=O) groups excluding carboxylic acids is 2. The van der Waals surface area contributed by atoms with E-state index >= 15 is 0 Å². The molecule has 6 nitrogen and oxygen atoms in total. The van der Waals surface area contributed by atoms with Crippen LogP contribution in [0.4, 0.5) is 11.4 Å². The lowest BCUT2D eigenvalue weighted by Gasteiger charge is -2.12. The molecule has 0 spiro atoms. The Labute approximate surface area is 176 Å². The highest BCUT2D eigenvalue weighted by Crippen LogP contribution is 2.21. The molecule has 0 atom stereocenters. The summed E-state index contributed by atoms with van der Waals surface area (Å²) in [6.45, 7) is 1.37. The molecule has 2 aromatic carbocycles. The first-order valence-electron chi connectivity index (χ1n) is 7.50. The summed E-state index contributed by atoms with van der Waals surface area (Å²) in [6.07, 6.45) is 0. The fourth-order valence-corrected chi connectivity index (χ4v) is 2.93. The molecule has 27 heavy (non-hydrogen) atoms. The second-order valence-electron chi connectivity index (χ2n) is 5.25. The minimum Gasteiger partial charge on any atom is -0.332 e. The Morgan fingerprint density at radius 2 is 1.37 bits per heavy atom. The average Bonchev–Trinajstić information content (AvgIpc) is 2.55. The molecule has 4 N–H and O–H groups in total. The van der Waals surface area contributed by atoms with Crippen LogP contribution < -0.4 is 21.3 Å². The minimum absolute atomic E-state index is 0.112. The zero-order valence-corrected chi connectivity index (χ0v) is 17.1. The lowest BCUT2D eigenvalue weighted by molar-refractivity contribution is -0.117. The molecule has 140 valence electrons. The van der Waals surface area contributed by atoms with Crippen molar-refractivity contribution in [1.82, 2.24) is 10.6 Å². The maximum absolute atomic E-state index is 12.2. The normalized spacial score (nSPS) is 9.89. The zero-order chi connectivity index (χ0) is 20.0. The van der Waals surface area contributed by atoms with Crippen LogP contribution in [-0.2, 0) is 4.79 Å². The highest BCUT2D eigenvalue weighted by Gasteiger charge is 2.12. The van der Waals surface area contributed by atoms with Gasteiger partial charge in [-0.25, -0.2) is 0 Å². The number of amides is 2. The van der Waals surface area contributed by atoms with Crippen LogP contribution in [0.5, 0.6) is 0 Å². The number of thiocarbonyl (C=S) groups is 2. The van der Waals surface area contributed by atoms with Crippen molar-refractivity contribution in [2.45, 2.75) is 6.92 Å². The van der Waals surface area contributed by atoms with Gasteiger partial charge in [0.15, 0.2) is 10.2 Å². The van der Waals surface area contributed by atoms with E-state index < -0.39 is 5.91 Å². The predicted octanol–water partition coefficient (Wildman–Crippen LogP) is 3.95. The zero-order valence-electron chi connectivity index (χ0n) is 13.9.